The highest BCUT2D eigenvalue weighted by atomic mass is 19.1. The number of carbonyl (C=O) groups is 1. The Hall–Kier alpha value is -2.62. The summed E-state index contributed by atoms with van der Waals surface area (Å²) in [5.41, 5.74) is 3.18. The normalized spacial score (nSPS) is 13.1. The van der Waals surface area contributed by atoms with E-state index < -0.39 is 11.8 Å². The molecule has 0 fully saturated rings. The van der Waals surface area contributed by atoms with E-state index in [1.54, 1.807) is 0 Å². The number of halogens is 1. The van der Waals surface area contributed by atoms with Crippen molar-refractivity contribution < 1.29 is 19.0 Å². The first-order valence-corrected chi connectivity index (χ1v) is 6.54. The van der Waals surface area contributed by atoms with Gasteiger partial charge in [0.2, 0.25) is 0 Å². The third kappa shape index (κ3) is 2.29. The summed E-state index contributed by atoms with van der Waals surface area (Å²) in [5.74, 6) is -1.70. The number of benzene rings is 2. The van der Waals surface area contributed by atoms with Crippen LogP contribution in [0.4, 0.5) is 4.39 Å². The van der Waals surface area contributed by atoms with Crippen LogP contribution in [0.3, 0.4) is 0 Å². The highest BCUT2D eigenvalue weighted by molar-refractivity contribution is 5.92. The first-order chi connectivity index (χ1) is 10.1. The summed E-state index contributed by atoms with van der Waals surface area (Å²) in [6.45, 7) is 2.22. The molecule has 0 radical (unpaired) electrons. The van der Waals surface area contributed by atoms with Gasteiger partial charge in [0.25, 0.3) is 0 Å². The molecule has 1 heterocycles. The summed E-state index contributed by atoms with van der Waals surface area (Å²) in [4.78, 5) is 11.1. The molecule has 1 N–H and O–H groups in total. The molecule has 3 nitrogen and oxygen atoms in total. The summed E-state index contributed by atoms with van der Waals surface area (Å²) in [7, 11) is 0. The number of carboxylic acids is 1. The highest BCUT2D eigenvalue weighted by Gasteiger charge is 2.22. The average Bonchev–Trinajstić information content (AvgIpc) is 2.47. The number of hydrogen-bond acceptors (Lipinski definition) is 2. The monoisotopic (exact) mass is 284 g/mol. The van der Waals surface area contributed by atoms with E-state index >= 15 is 0 Å². The van der Waals surface area contributed by atoms with Crippen molar-refractivity contribution in [1.82, 2.24) is 0 Å². The molecule has 0 bridgehead atoms. The van der Waals surface area contributed by atoms with Crippen molar-refractivity contribution in [3.05, 3.63) is 70.5 Å². The Kier molecular flexibility index (Phi) is 3.22. The van der Waals surface area contributed by atoms with Crippen molar-refractivity contribution in [3.8, 4) is 5.75 Å². The SMILES string of the molecule is Cc1ccccc1C1=CCOc2c(F)cc(C(=O)O)cc21. The van der Waals surface area contributed by atoms with E-state index in [1.807, 2.05) is 37.3 Å². The summed E-state index contributed by atoms with van der Waals surface area (Å²) in [6.07, 6.45) is 1.84. The van der Waals surface area contributed by atoms with Crippen LogP contribution in [0.2, 0.25) is 0 Å². The van der Waals surface area contributed by atoms with Gasteiger partial charge in [0.05, 0.1) is 5.56 Å². The zero-order valence-electron chi connectivity index (χ0n) is 11.4. The van der Waals surface area contributed by atoms with Crippen LogP contribution in [0.1, 0.15) is 27.0 Å². The Labute approximate surface area is 121 Å². The molecule has 0 unspecified atom stereocenters. The molecule has 0 saturated heterocycles. The minimum atomic E-state index is -1.16. The molecule has 106 valence electrons. The number of ether oxygens (including phenoxy) is 1. The fraction of sp³-hybridized carbons (Fsp3) is 0.118. The minimum absolute atomic E-state index is 0.0868. The van der Waals surface area contributed by atoms with Gasteiger partial charge in [-0.3, -0.25) is 0 Å². The lowest BCUT2D eigenvalue weighted by Gasteiger charge is -2.21. The number of hydrogen-bond donors (Lipinski definition) is 1. The largest absolute Gasteiger partial charge is 0.486 e. The maximum absolute atomic E-state index is 14.1. The van der Waals surface area contributed by atoms with E-state index in [1.165, 1.54) is 6.07 Å². The predicted molar refractivity (Wildman–Crippen MR) is 77.1 cm³/mol. The Morgan fingerprint density at radius 2 is 2.00 bits per heavy atom. The maximum Gasteiger partial charge on any atom is 0.335 e. The number of aryl methyl sites for hydroxylation is 1. The van der Waals surface area contributed by atoms with E-state index in [0.717, 1.165) is 22.8 Å². The fourth-order valence-corrected chi connectivity index (χ4v) is 2.51. The topological polar surface area (TPSA) is 46.5 Å². The molecule has 4 heteroatoms. The molecule has 0 aliphatic carbocycles. The van der Waals surface area contributed by atoms with Gasteiger partial charge >= 0.3 is 5.97 Å². The summed E-state index contributed by atoms with van der Waals surface area (Å²) in [5, 5.41) is 9.10. The summed E-state index contributed by atoms with van der Waals surface area (Å²) in [6, 6.07) is 10.2. The van der Waals surface area contributed by atoms with Crippen LogP contribution in [0.5, 0.6) is 5.75 Å². The van der Waals surface area contributed by atoms with Crippen LogP contribution in [0.25, 0.3) is 5.57 Å². The van der Waals surface area contributed by atoms with Crippen LogP contribution < -0.4 is 4.74 Å². The van der Waals surface area contributed by atoms with Crippen molar-refractivity contribution in [2.75, 3.05) is 6.61 Å². The van der Waals surface area contributed by atoms with E-state index in [0.29, 0.717) is 5.56 Å². The summed E-state index contributed by atoms with van der Waals surface area (Å²) >= 11 is 0. The fourth-order valence-electron chi connectivity index (χ4n) is 2.51. The number of fused-ring (bicyclic) bond motifs is 1. The molecule has 1 aliphatic heterocycles. The van der Waals surface area contributed by atoms with Crippen molar-refractivity contribution in [3.63, 3.8) is 0 Å². The van der Waals surface area contributed by atoms with Crippen LogP contribution in [0.15, 0.2) is 42.5 Å². The number of aromatic carboxylic acids is 1. The minimum Gasteiger partial charge on any atom is -0.486 e. The van der Waals surface area contributed by atoms with Gasteiger partial charge < -0.3 is 9.84 Å². The Bertz CT molecular complexity index is 763. The lowest BCUT2D eigenvalue weighted by atomic mass is 9.91. The van der Waals surface area contributed by atoms with Crippen LogP contribution in [-0.4, -0.2) is 17.7 Å². The van der Waals surface area contributed by atoms with E-state index in [2.05, 4.69) is 0 Å². The van der Waals surface area contributed by atoms with Gasteiger partial charge in [-0.15, -0.1) is 0 Å². The van der Waals surface area contributed by atoms with E-state index in [9.17, 15) is 9.18 Å². The third-order valence-electron chi connectivity index (χ3n) is 3.53. The van der Waals surface area contributed by atoms with Crippen molar-refractivity contribution in [2.24, 2.45) is 0 Å². The van der Waals surface area contributed by atoms with E-state index in [4.69, 9.17) is 9.84 Å². The average molecular weight is 284 g/mol. The van der Waals surface area contributed by atoms with E-state index in [-0.39, 0.29) is 17.9 Å². The molecule has 1 aliphatic rings. The van der Waals surface area contributed by atoms with Gasteiger partial charge in [-0.1, -0.05) is 24.3 Å². The van der Waals surface area contributed by atoms with Crippen molar-refractivity contribution in [2.45, 2.75) is 6.92 Å². The molecule has 3 rings (SSSR count). The first-order valence-electron chi connectivity index (χ1n) is 6.54. The maximum atomic E-state index is 14.1. The van der Waals surface area contributed by atoms with Gasteiger partial charge in [-0.25, -0.2) is 9.18 Å². The lowest BCUT2D eigenvalue weighted by Crippen LogP contribution is -2.10. The second-order valence-corrected chi connectivity index (χ2v) is 4.88. The molecular weight excluding hydrogens is 271 g/mol. The van der Waals surface area contributed by atoms with Crippen LogP contribution >= 0.6 is 0 Å². The standard InChI is InChI=1S/C17H13FO3/c1-10-4-2-3-5-12(10)13-6-7-21-16-14(13)8-11(17(19)20)9-15(16)18/h2-6,8-9H,7H2,1H3,(H,19,20). The zero-order valence-corrected chi connectivity index (χ0v) is 11.4. The van der Waals surface area contributed by atoms with Crippen LogP contribution in [-0.2, 0) is 0 Å². The van der Waals surface area contributed by atoms with Gasteiger partial charge in [0.1, 0.15) is 6.61 Å². The molecule has 2 aromatic rings. The molecule has 2 aromatic carbocycles. The van der Waals surface area contributed by atoms with Crippen molar-refractivity contribution in [1.29, 1.82) is 0 Å². The summed E-state index contributed by atoms with van der Waals surface area (Å²) < 4.78 is 19.4. The van der Waals surface area contributed by atoms with Crippen molar-refractivity contribution >= 4 is 11.5 Å². The van der Waals surface area contributed by atoms with Crippen LogP contribution in [0, 0.1) is 12.7 Å². The smallest absolute Gasteiger partial charge is 0.335 e. The van der Waals surface area contributed by atoms with Gasteiger partial charge in [0, 0.05) is 5.56 Å². The number of rotatable bonds is 2. The second kappa shape index (κ2) is 5.05. The Morgan fingerprint density at radius 3 is 2.71 bits per heavy atom. The lowest BCUT2D eigenvalue weighted by molar-refractivity contribution is 0.0696. The molecule has 0 amide bonds. The van der Waals surface area contributed by atoms with Gasteiger partial charge in [-0.05, 0) is 41.8 Å². The Morgan fingerprint density at radius 1 is 1.24 bits per heavy atom. The predicted octanol–water partition coefficient (Wildman–Crippen LogP) is 3.66. The highest BCUT2D eigenvalue weighted by Crippen LogP contribution is 2.37. The molecule has 0 aromatic heterocycles. The van der Waals surface area contributed by atoms with Gasteiger partial charge in [0.15, 0.2) is 11.6 Å². The van der Waals surface area contributed by atoms with Gasteiger partial charge in [-0.2, -0.15) is 0 Å². The molecule has 0 saturated carbocycles. The molecule has 0 atom stereocenters. The molecule has 0 spiro atoms. The molecule has 21 heavy (non-hydrogen) atoms. The number of carboxylic acid groups (broad SMARTS) is 1. The third-order valence-corrected chi connectivity index (χ3v) is 3.53. The zero-order chi connectivity index (χ0) is 15.0. The second-order valence-electron chi connectivity index (χ2n) is 4.88. The molecular formula is C17H13FO3. The Balaban J connectivity index is 2.22. The quantitative estimate of drug-likeness (QED) is 0.915. The first kappa shape index (κ1) is 13.4.